The van der Waals surface area contributed by atoms with E-state index in [1.807, 2.05) is 6.56 Å². The van der Waals surface area contributed by atoms with Crippen LogP contribution in [0.2, 0.25) is 0 Å². The Bertz CT molecular complexity index is 770. The summed E-state index contributed by atoms with van der Waals surface area (Å²) in [6.07, 6.45) is 11.2. The maximum atomic E-state index is 2.47. The number of aryl methyl sites for hydroxylation is 1. The van der Waals surface area contributed by atoms with Crippen molar-refractivity contribution in [3.8, 4) is 0 Å². The second kappa shape index (κ2) is 11.8. The van der Waals surface area contributed by atoms with Crippen LogP contribution in [0.3, 0.4) is 0 Å². The van der Waals surface area contributed by atoms with Crippen LogP contribution >= 0.6 is 0 Å². The van der Waals surface area contributed by atoms with E-state index < -0.39 is 23.2 Å². The molecule has 0 saturated heterocycles. The van der Waals surface area contributed by atoms with Gasteiger partial charge in [0.25, 0.3) is 0 Å². The number of allylic oxidation sites excluding steroid dienone is 8. The molecule has 0 fully saturated rings. The summed E-state index contributed by atoms with van der Waals surface area (Å²) < 4.78 is 3.78. The van der Waals surface area contributed by atoms with Crippen molar-refractivity contribution in [2.75, 3.05) is 0 Å². The monoisotopic (exact) mass is 494 g/mol. The van der Waals surface area contributed by atoms with Gasteiger partial charge in [-0.25, -0.2) is 0 Å². The first kappa shape index (κ1) is 24.9. The van der Waals surface area contributed by atoms with Gasteiger partial charge in [-0.05, 0) is 0 Å². The molecule has 0 spiro atoms. The minimum absolute atomic E-state index is 0. The molecule has 144 valence electrons. The smallest absolute Gasteiger partial charge is 1.00 e. The van der Waals surface area contributed by atoms with Gasteiger partial charge in [0, 0.05) is 0 Å². The summed E-state index contributed by atoms with van der Waals surface area (Å²) in [5.41, 5.74) is 6.62. The van der Waals surface area contributed by atoms with Gasteiger partial charge >= 0.3 is 168 Å². The summed E-state index contributed by atoms with van der Waals surface area (Å²) in [5, 5.41) is 3.36. The van der Waals surface area contributed by atoms with E-state index in [9.17, 15) is 0 Å². The van der Waals surface area contributed by atoms with Crippen LogP contribution < -0.4 is 30.0 Å². The molecule has 0 bridgehead atoms. The molecule has 0 radical (unpaired) electrons. The van der Waals surface area contributed by atoms with Crippen molar-refractivity contribution in [3.63, 3.8) is 0 Å². The molecule has 2 aliphatic carbocycles. The van der Waals surface area contributed by atoms with Crippen molar-refractivity contribution in [1.29, 1.82) is 0 Å². The number of hydrogen-bond donors (Lipinski definition) is 0. The van der Waals surface area contributed by atoms with Crippen molar-refractivity contribution in [1.82, 2.24) is 0 Å². The third-order valence-corrected chi connectivity index (χ3v) is 12.3. The van der Waals surface area contributed by atoms with E-state index in [0.29, 0.717) is 0 Å². The Morgan fingerprint density at radius 1 is 0.889 bits per heavy atom. The largest absolute Gasteiger partial charge is 1.00 e. The molecule has 0 atom stereocenters. The van der Waals surface area contributed by atoms with Crippen LogP contribution in [0.4, 0.5) is 0 Å². The molecule has 0 amide bonds. The predicted molar refractivity (Wildman–Crippen MR) is 110 cm³/mol. The molecule has 0 aromatic heterocycles. The average Bonchev–Trinajstić information content (AvgIpc) is 3.20. The zero-order valence-corrected chi connectivity index (χ0v) is 22.3. The fourth-order valence-electron chi connectivity index (χ4n) is 4.13. The fraction of sp³-hybridized carbons (Fsp3) is 0.391. The normalized spacial score (nSPS) is 16.3. The summed E-state index contributed by atoms with van der Waals surface area (Å²) in [6.45, 7) is 9.24. The standard InChI is InChI=1S/C12H13Si.C11H17.2ClH.Zr/c1-10-6-8-12(9-7-10)13-11-4-2-3-5-11;1-4-9-7-8-10(5-2)11(9)6-3;;;/h2,4,6-9H,3,13H2,1H3;4-7H2,1-3H3;2*1H;/q;;;;+2/p-2. The summed E-state index contributed by atoms with van der Waals surface area (Å²) in [6, 6.07) is 9.28. The van der Waals surface area contributed by atoms with Crippen molar-refractivity contribution in [3.05, 3.63) is 70.5 Å². The number of rotatable bonds is 7. The Hall–Kier alpha value is -0.140. The van der Waals surface area contributed by atoms with Crippen LogP contribution in [0, 0.1) is 6.92 Å². The molecule has 0 N–H and O–H groups in total. The van der Waals surface area contributed by atoms with Gasteiger partial charge in [0.05, 0.1) is 0 Å². The van der Waals surface area contributed by atoms with E-state index in [4.69, 9.17) is 0 Å². The average molecular weight is 497 g/mol. The zero-order chi connectivity index (χ0) is 17.8. The van der Waals surface area contributed by atoms with E-state index in [0.717, 1.165) is 0 Å². The van der Waals surface area contributed by atoms with Gasteiger partial charge in [-0.2, -0.15) is 0 Å². The molecule has 0 nitrogen and oxygen atoms in total. The molecule has 0 heterocycles. The second-order valence-corrected chi connectivity index (χ2v) is 12.7. The molecular weight excluding hydrogens is 466 g/mol. The van der Waals surface area contributed by atoms with Crippen molar-refractivity contribution in [2.45, 2.75) is 59.8 Å². The number of benzene rings is 1. The van der Waals surface area contributed by atoms with Gasteiger partial charge in [0.1, 0.15) is 0 Å². The first-order valence-corrected chi connectivity index (χ1v) is 13.7. The minimum atomic E-state index is -0.589. The molecule has 3 rings (SSSR count). The molecule has 4 heteroatoms. The van der Waals surface area contributed by atoms with Crippen LogP contribution in [0.25, 0.3) is 0 Å². The first-order valence-electron chi connectivity index (χ1n) is 9.80. The second-order valence-electron chi connectivity index (χ2n) is 7.17. The van der Waals surface area contributed by atoms with Crippen molar-refractivity contribution >= 4 is 14.7 Å². The number of halogens is 2. The SMILES string of the molecule is CCC1=C(CC)C(CC)=[C]([Zr+2][C]2=C([SiH2]c3ccc(C)cc3)C=CC2)C1.[Cl-].[Cl-]. The molecule has 0 unspecified atom stereocenters. The van der Waals surface area contributed by atoms with Gasteiger partial charge < -0.3 is 24.8 Å². The Kier molecular flexibility index (Phi) is 10.8. The summed E-state index contributed by atoms with van der Waals surface area (Å²) >= 11 is -0.589. The van der Waals surface area contributed by atoms with Crippen LogP contribution in [0.1, 0.15) is 58.4 Å². The molecule has 1 aromatic carbocycles. The molecule has 27 heavy (non-hydrogen) atoms. The van der Waals surface area contributed by atoms with Gasteiger partial charge in [0.2, 0.25) is 0 Å². The van der Waals surface area contributed by atoms with Gasteiger partial charge in [-0.15, -0.1) is 0 Å². The van der Waals surface area contributed by atoms with Crippen LogP contribution in [0.5, 0.6) is 0 Å². The summed E-state index contributed by atoms with van der Waals surface area (Å²) in [7, 11) is -0.297. The molecule has 0 aliphatic heterocycles. The Balaban J connectivity index is 0.00000182. The van der Waals surface area contributed by atoms with Crippen LogP contribution in [-0.4, -0.2) is 9.52 Å². The molecule has 0 saturated carbocycles. The van der Waals surface area contributed by atoms with Gasteiger partial charge in [-0.3, -0.25) is 0 Å². The predicted octanol–water partition coefficient (Wildman–Crippen LogP) is -0.764. The first-order chi connectivity index (χ1) is 12.2. The summed E-state index contributed by atoms with van der Waals surface area (Å²) in [5.74, 6) is 0. The summed E-state index contributed by atoms with van der Waals surface area (Å²) in [4.78, 5) is 0. The Labute approximate surface area is 191 Å². The quantitative estimate of drug-likeness (QED) is 0.436. The molecule has 2 aliphatic rings. The molecule has 1 aromatic rings. The maximum absolute atomic E-state index is 2.47. The van der Waals surface area contributed by atoms with Crippen molar-refractivity contribution in [2.24, 2.45) is 0 Å². The third kappa shape index (κ3) is 5.92. The minimum Gasteiger partial charge on any atom is -1.00 e. The zero-order valence-electron chi connectivity index (χ0n) is 17.0. The van der Waals surface area contributed by atoms with Gasteiger partial charge in [0.15, 0.2) is 0 Å². The maximum Gasteiger partial charge on any atom is -1.00 e. The Morgan fingerprint density at radius 3 is 2.15 bits per heavy atom. The molecular formula is C23H30Cl2SiZr. The van der Waals surface area contributed by atoms with E-state index in [2.05, 4.69) is 64.1 Å². The Morgan fingerprint density at radius 2 is 1.56 bits per heavy atom. The van der Waals surface area contributed by atoms with Crippen molar-refractivity contribution < 1.29 is 48.0 Å². The van der Waals surface area contributed by atoms with E-state index >= 15 is 0 Å². The number of hydrogen-bond acceptors (Lipinski definition) is 0. The fourth-order valence-corrected chi connectivity index (χ4v) is 10.8. The van der Waals surface area contributed by atoms with Gasteiger partial charge in [-0.1, -0.05) is 0 Å². The van der Waals surface area contributed by atoms with Crippen LogP contribution in [0.15, 0.2) is 64.9 Å². The van der Waals surface area contributed by atoms with E-state index in [1.54, 1.807) is 27.1 Å². The van der Waals surface area contributed by atoms with Crippen LogP contribution in [-0.2, 0) is 23.2 Å². The van der Waals surface area contributed by atoms with E-state index in [1.165, 1.54) is 37.7 Å². The third-order valence-electron chi connectivity index (χ3n) is 5.52. The van der Waals surface area contributed by atoms with E-state index in [-0.39, 0.29) is 34.3 Å². The topological polar surface area (TPSA) is 0 Å².